The van der Waals surface area contributed by atoms with Crippen molar-refractivity contribution in [2.45, 2.75) is 32.9 Å². The molecule has 0 saturated carbocycles. The molecule has 1 aliphatic heterocycles. The Morgan fingerprint density at radius 1 is 1.60 bits per heavy atom. The number of carbonyl (C=O) groups is 2. The van der Waals surface area contributed by atoms with Gasteiger partial charge in [-0.15, -0.1) is 0 Å². The van der Waals surface area contributed by atoms with E-state index in [-0.39, 0.29) is 11.8 Å². The molecular weight excluding hydrogens is 258 g/mol. The zero-order valence-electron chi connectivity index (χ0n) is 12.1. The van der Waals surface area contributed by atoms with Crippen LogP contribution in [0, 0.1) is 0 Å². The largest absolute Gasteiger partial charge is 0.356 e. The van der Waals surface area contributed by atoms with E-state index in [1.807, 2.05) is 11.5 Å². The highest BCUT2D eigenvalue weighted by Crippen LogP contribution is 2.14. The summed E-state index contributed by atoms with van der Waals surface area (Å²) >= 11 is 0. The molecule has 1 aliphatic rings. The van der Waals surface area contributed by atoms with Gasteiger partial charge in [0.15, 0.2) is 0 Å². The Kier molecular flexibility index (Phi) is 4.26. The van der Waals surface area contributed by atoms with Gasteiger partial charge in [-0.25, -0.2) is 4.98 Å². The third-order valence-electron chi connectivity index (χ3n) is 3.44. The van der Waals surface area contributed by atoms with Gasteiger partial charge in [-0.2, -0.15) is 0 Å². The lowest BCUT2D eigenvalue weighted by Crippen LogP contribution is -2.45. The van der Waals surface area contributed by atoms with Crippen LogP contribution >= 0.6 is 0 Å². The van der Waals surface area contributed by atoms with Crippen molar-refractivity contribution in [3.05, 3.63) is 11.9 Å². The first-order valence-electron chi connectivity index (χ1n) is 6.89. The molecule has 0 aromatic carbocycles. The fraction of sp³-hybridized carbons (Fsp3) is 0.615. The van der Waals surface area contributed by atoms with Gasteiger partial charge in [-0.1, -0.05) is 0 Å². The van der Waals surface area contributed by atoms with E-state index in [0.29, 0.717) is 18.2 Å². The van der Waals surface area contributed by atoms with E-state index in [0.717, 1.165) is 19.5 Å². The Morgan fingerprint density at radius 2 is 2.35 bits per heavy atom. The Labute approximate surface area is 118 Å². The summed E-state index contributed by atoms with van der Waals surface area (Å²) in [6.45, 7) is 5.91. The number of carbonyl (C=O) groups excluding carboxylic acids is 2. The smallest absolute Gasteiger partial charge is 0.272 e. The van der Waals surface area contributed by atoms with Crippen molar-refractivity contribution in [1.29, 1.82) is 0 Å². The van der Waals surface area contributed by atoms with E-state index in [1.54, 1.807) is 25.1 Å². The van der Waals surface area contributed by atoms with Crippen LogP contribution < -0.4 is 10.6 Å². The van der Waals surface area contributed by atoms with Crippen molar-refractivity contribution in [3.63, 3.8) is 0 Å². The fourth-order valence-corrected chi connectivity index (χ4v) is 2.11. The number of amides is 2. The van der Waals surface area contributed by atoms with E-state index < -0.39 is 6.04 Å². The van der Waals surface area contributed by atoms with Gasteiger partial charge in [-0.3, -0.25) is 9.59 Å². The minimum absolute atomic E-state index is 0.108. The molecule has 1 aromatic rings. The predicted molar refractivity (Wildman–Crippen MR) is 75.6 cm³/mol. The number of aryl methyl sites for hydroxylation is 1. The van der Waals surface area contributed by atoms with Gasteiger partial charge in [0.1, 0.15) is 11.7 Å². The average Bonchev–Trinajstić information content (AvgIpc) is 2.89. The van der Waals surface area contributed by atoms with Crippen LogP contribution in [0.5, 0.6) is 0 Å². The summed E-state index contributed by atoms with van der Waals surface area (Å²) in [7, 11) is 1.71. The number of fused-ring (bicyclic) bond motifs is 1. The molecule has 7 nitrogen and oxygen atoms in total. The highest BCUT2D eigenvalue weighted by molar-refractivity contribution is 5.96. The molecule has 0 saturated heterocycles. The number of aromatic nitrogens is 2. The molecule has 1 aromatic heterocycles. The molecule has 20 heavy (non-hydrogen) atoms. The lowest BCUT2D eigenvalue weighted by molar-refractivity contribution is -0.131. The van der Waals surface area contributed by atoms with E-state index in [2.05, 4.69) is 15.6 Å². The summed E-state index contributed by atoms with van der Waals surface area (Å²) in [4.78, 5) is 29.8. The summed E-state index contributed by atoms with van der Waals surface area (Å²) in [6, 6.07) is -0.556. The van der Waals surface area contributed by atoms with Crippen LogP contribution in [0.1, 0.15) is 30.8 Å². The van der Waals surface area contributed by atoms with Crippen molar-refractivity contribution in [2.24, 2.45) is 0 Å². The van der Waals surface area contributed by atoms with Crippen LogP contribution in [0.2, 0.25) is 0 Å². The number of nitrogens with one attached hydrogen (secondary N) is 2. The second-order valence-electron chi connectivity index (χ2n) is 4.97. The molecular formula is C13H21N5O2. The number of rotatable bonds is 4. The number of hydrogen-bond acceptors (Lipinski definition) is 4. The first-order valence-corrected chi connectivity index (χ1v) is 6.89. The number of imidazole rings is 1. The Bertz CT molecular complexity index is 487. The molecule has 7 heteroatoms. The van der Waals surface area contributed by atoms with Crippen molar-refractivity contribution >= 4 is 17.8 Å². The number of likely N-dealkylation sites (N-methyl/N-ethyl adjacent to an activating group) is 1. The summed E-state index contributed by atoms with van der Waals surface area (Å²) in [5, 5.41) is 5.82. The number of hydrogen-bond donors (Lipinski definition) is 2. The summed E-state index contributed by atoms with van der Waals surface area (Å²) in [5.74, 6) is 0.285. The zero-order valence-corrected chi connectivity index (χ0v) is 12.1. The molecule has 2 heterocycles. The highest BCUT2D eigenvalue weighted by Gasteiger charge is 2.22. The van der Waals surface area contributed by atoms with Crippen LogP contribution in [0.25, 0.3) is 0 Å². The van der Waals surface area contributed by atoms with Crippen molar-refractivity contribution in [2.75, 3.05) is 25.5 Å². The van der Waals surface area contributed by atoms with Crippen LogP contribution in [0.15, 0.2) is 6.20 Å². The maximum Gasteiger partial charge on any atom is 0.272 e. The molecule has 2 amide bonds. The molecule has 2 N–H and O–H groups in total. The molecule has 0 bridgehead atoms. The first kappa shape index (κ1) is 14.4. The highest BCUT2D eigenvalue weighted by atomic mass is 16.2. The Hall–Kier alpha value is -2.05. The second kappa shape index (κ2) is 5.94. The SMILES string of the molecule is CCN(C)C(=O)C(C)NC(=O)c1cn2c(n1)NCCC2. The second-order valence-corrected chi connectivity index (χ2v) is 4.97. The van der Waals surface area contributed by atoms with Gasteiger partial charge in [0.25, 0.3) is 5.91 Å². The molecule has 0 spiro atoms. The molecule has 0 fully saturated rings. The van der Waals surface area contributed by atoms with Gasteiger partial charge in [0, 0.05) is 32.9 Å². The molecule has 0 aliphatic carbocycles. The third kappa shape index (κ3) is 2.92. The van der Waals surface area contributed by atoms with Crippen LogP contribution in [0.3, 0.4) is 0 Å². The zero-order chi connectivity index (χ0) is 14.7. The number of anilines is 1. The van der Waals surface area contributed by atoms with E-state index >= 15 is 0 Å². The topological polar surface area (TPSA) is 79.3 Å². The number of nitrogens with zero attached hydrogens (tertiary/aromatic N) is 3. The van der Waals surface area contributed by atoms with Crippen molar-refractivity contribution < 1.29 is 9.59 Å². The van der Waals surface area contributed by atoms with E-state index in [4.69, 9.17) is 0 Å². The molecule has 1 atom stereocenters. The normalized spacial score (nSPS) is 14.9. The maximum absolute atomic E-state index is 12.1. The predicted octanol–water partition coefficient (Wildman–Crippen LogP) is 0.295. The summed E-state index contributed by atoms with van der Waals surface area (Å²) in [6.07, 6.45) is 2.73. The van der Waals surface area contributed by atoms with Crippen molar-refractivity contribution in [3.8, 4) is 0 Å². The minimum atomic E-state index is -0.556. The van der Waals surface area contributed by atoms with Gasteiger partial charge >= 0.3 is 0 Å². The van der Waals surface area contributed by atoms with Gasteiger partial charge < -0.3 is 20.1 Å². The molecule has 1 unspecified atom stereocenters. The Balaban J connectivity index is 2.01. The van der Waals surface area contributed by atoms with Crippen LogP contribution in [-0.4, -0.2) is 52.4 Å². The van der Waals surface area contributed by atoms with Crippen LogP contribution in [-0.2, 0) is 11.3 Å². The lowest BCUT2D eigenvalue weighted by atomic mass is 10.2. The first-order chi connectivity index (χ1) is 9.52. The molecule has 110 valence electrons. The Morgan fingerprint density at radius 3 is 3.00 bits per heavy atom. The van der Waals surface area contributed by atoms with Gasteiger partial charge in [-0.05, 0) is 20.3 Å². The summed E-state index contributed by atoms with van der Waals surface area (Å²) < 4.78 is 1.92. The van der Waals surface area contributed by atoms with Gasteiger partial charge in [0.05, 0.1) is 0 Å². The minimum Gasteiger partial charge on any atom is -0.356 e. The molecule has 2 rings (SSSR count). The monoisotopic (exact) mass is 279 g/mol. The fourth-order valence-electron chi connectivity index (χ4n) is 2.11. The standard InChI is InChI=1S/C13H21N5O2/c1-4-17(3)12(20)9(2)15-11(19)10-8-18-7-5-6-14-13(18)16-10/h8-9H,4-7H2,1-3H3,(H,14,16)(H,15,19). The van der Waals surface area contributed by atoms with Crippen LogP contribution in [0.4, 0.5) is 5.95 Å². The average molecular weight is 279 g/mol. The lowest BCUT2D eigenvalue weighted by Gasteiger charge is -2.20. The summed E-state index contributed by atoms with van der Waals surface area (Å²) in [5.41, 5.74) is 0.341. The maximum atomic E-state index is 12.1. The van der Waals surface area contributed by atoms with E-state index in [9.17, 15) is 9.59 Å². The molecule has 0 radical (unpaired) electrons. The van der Waals surface area contributed by atoms with Crippen molar-refractivity contribution in [1.82, 2.24) is 19.8 Å². The quantitative estimate of drug-likeness (QED) is 0.830. The third-order valence-corrected chi connectivity index (χ3v) is 3.44. The van der Waals surface area contributed by atoms with E-state index in [1.165, 1.54) is 0 Å². The van der Waals surface area contributed by atoms with Gasteiger partial charge in [0.2, 0.25) is 11.9 Å².